The lowest BCUT2D eigenvalue weighted by molar-refractivity contribution is 0.130. The van der Waals surface area contributed by atoms with Crippen LogP contribution in [0.2, 0.25) is 0 Å². The highest BCUT2D eigenvalue weighted by atomic mass is 32.2. The zero-order valence-corrected chi connectivity index (χ0v) is 12.2. The zero-order chi connectivity index (χ0) is 12.5. The fourth-order valence-electron chi connectivity index (χ4n) is 1.82. The molecule has 100 valence electrons. The van der Waals surface area contributed by atoms with Gasteiger partial charge in [-0.05, 0) is 26.2 Å². The number of nitrogens with zero attached hydrogens (tertiary/aromatic N) is 1. The quantitative estimate of drug-likeness (QED) is 0.713. The summed E-state index contributed by atoms with van der Waals surface area (Å²) in [6.45, 7) is 9.29. The molecular formula is C13H26N2OS. The summed E-state index contributed by atoms with van der Waals surface area (Å²) >= 11 is 1.86. The van der Waals surface area contributed by atoms with Gasteiger partial charge >= 0.3 is 0 Å². The molecule has 1 heterocycles. The standard InChI is InChI=1S/C13H26N2OS/c1-4-5-8-16-9-6-7-14-13-15-11(2)10-12(3)17-13/h11-12H,4-10H2,1-3H3,(H,14,15). The van der Waals surface area contributed by atoms with Gasteiger partial charge in [0.2, 0.25) is 0 Å². The summed E-state index contributed by atoms with van der Waals surface area (Å²) in [4.78, 5) is 4.59. The molecule has 1 aliphatic heterocycles. The Kier molecular flexibility index (Phi) is 7.69. The molecule has 1 saturated heterocycles. The predicted molar refractivity (Wildman–Crippen MR) is 76.9 cm³/mol. The number of ether oxygens (including phenoxy) is 1. The molecule has 0 aliphatic carbocycles. The lowest BCUT2D eigenvalue weighted by Gasteiger charge is -2.26. The fraction of sp³-hybridized carbons (Fsp3) is 0.923. The summed E-state index contributed by atoms with van der Waals surface area (Å²) in [6.07, 6.45) is 4.63. The lowest BCUT2D eigenvalue weighted by Crippen LogP contribution is -2.38. The van der Waals surface area contributed by atoms with Crippen LogP contribution in [0.25, 0.3) is 0 Å². The Morgan fingerprint density at radius 1 is 1.35 bits per heavy atom. The third-order valence-corrected chi connectivity index (χ3v) is 3.78. The van der Waals surface area contributed by atoms with Gasteiger partial charge in [-0.15, -0.1) is 0 Å². The molecule has 1 N–H and O–H groups in total. The number of thioether (sulfide) groups is 1. The molecule has 0 radical (unpaired) electrons. The maximum Gasteiger partial charge on any atom is 0.157 e. The normalized spacial score (nSPS) is 27.1. The van der Waals surface area contributed by atoms with Crippen LogP contribution in [0, 0.1) is 0 Å². The van der Waals surface area contributed by atoms with E-state index in [-0.39, 0.29) is 0 Å². The summed E-state index contributed by atoms with van der Waals surface area (Å²) < 4.78 is 5.51. The van der Waals surface area contributed by atoms with E-state index in [2.05, 4.69) is 31.1 Å². The van der Waals surface area contributed by atoms with Crippen molar-refractivity contribution in [2.24, 2.45) is 4.99 Å². The second-order valence-electron chi connectivity index (χ2n) is 4.72. The molecule has 17 heavy (non-hydrogen) atoms. The van der Waals surface area contributed by atoms with Crippen LogP contribution in [-0.2, 0) is 4.74 Å². The zero-order valence-electron chi connectivity index (χ0n) is 11.4. The minimum atomic E-state index is 0.561. The molecule has 1 fully saturated rings. The van der Waals surface area contributed by atoms with E-state index in [1.165, 1.54) is 19.3 Å². The summed E-state index contributed by atoms with van der Waals surface area (Å²) in [5.41, 5.74) is 0. The molecule has 2 atom stereocenters. The molecule has 4 heteroatoms. The van der Waals surface area contributed by atoms with E-state index in [4.69, 9.17) is 4.74 Å². The first-order valence-corrected chi connectivity index (χ1v) is 7.65. The Labute approximate surface area is 110 Å². The first-order valence-electron chi connectivity index (χ1n) is 6.77. The molecular weight excluding hydrogens is 232 g/mol. The van der Waals surface area contributed by atoms with E-state index in [1.54, 1.807) is 0 Å². The van der Waals surface area contributed by atoms with Gasteiger partial charge in [0.25, 0.3) is 0 Å². The Hall–Kier alpha value is -0.220. The van der Waals surface area contributed by atoms with E-state index in [1.807, 2.05) is 11.8 Å². The SMILES string of the molecule is CCCCOCCCN=C1NC(C)CC(C)S1. The summed E-state index contributed by atoms with van der Waals surface area (Å²) in [5.74, 6) is 0. The summed E-state index contributed by atoms with van der Waals surface area (Å²) in [6, 6.07) is 0.561. The van der Waals surface area contributed by atoms with Crippen LogP contribution < -0.4 is 5.32 Å². The van der Waals surface area contributed by atoms with E-state index in [0.717, 1.165) is 31.3 Å². The molecule has 0 saturated carbocycles. The largest absolute Gasteiger partial charge is 0.381 e. The molecule has 1 rings (SSSR count). The number of rotatable bonds is 7. The third kappa shape index (κ3) is 6.94. The first-order chi connectivity index (χ1) is 8.22. The predicted octanol–water partition coefficient (Wildman–Crippen LogP) is 3.05. The third-order valence-electron chi connectivity index (χ3n) is 2.71. The summed E-state index contributed by atoms with van der Waals surface area (Å²) in [7, 11) is 0. The Bertz CT molecular complexity index is 221. The molecule has 2 unspecified atom stereocenters. The number of aliphatic imine (C=N–C) groups is 1. The van der Waals surface area contributed by atoms with Crippen LogP contribution in [0.15, 0.2) is 4.99 Å². The van der Waals surface area contributed by atoms with Crippen molar-refractivity contribution in [2.45, 2.75) is 57.7 Å². The topological polar surface area (TPSA) is 33.6 Å². The second-order valence-corrected chi connectivity index (χ2v) is 6.14. The molecule has 0 spiro atoms. The van der Waals surface area contributed by atoms with E-state index in [9.17, 15) is 0 Å². The molecule has 0 aromatic rings. The van der Waals surface area contributed by atoms with Crippen LogP contribution in [0.1, 0.15) is 46.5 Å². The van der Waals surface area contributed by atoms with Gasteiger partial charge in [0, 0.05) is 31.1 Å². The Morgan fingerprint density at radius 2 is 2.12 bits per heavy atom. The van der Waals surface area contributed by atoms with Crippen molar-refractivity contribution in [3.63, 3.8) is 0 Å². The average molecular weight is 258 g/mol. The van der Waals surface area contributed by atoms with Crippen molar-refractivity contribution < 1.29 is 4.74 Å². The van der Waals surface area contributed by atoms with Crippen molar-refractivity contribution in [3.8, 4) is 0 Å². The fourth-order valence-corrected chi connectivity index (χ4v) is 3.02. The van der Waals surface area contributed by atoms with Crippen molar-refractivity contribution in [2.75, 3.05) is 19.8 Å². The van der Waals surface area contributed by atoms with Crippen LogP contribution in [-0.4, -0.2) is 36.2 Å². The van der Waals surface area contributed by atoms with Crippen molar-refractivity contribution in [3.05, 3.63) is 0 Å². The van der Waals surface area contributed by atoms with Crippen LogP contribution in [0.3, 0.4) is 0 Å². The maximum atomic E-state index is 5.51. The van der Waals surface area contributed by atoms with Crippen molar-refractivity contribution in [1.29, 1.82) is 0 Å². The van der Waals surface area contributed by atoms with Gasteiger partial charge in [-0.25, -0.2) is 0 Å². The molecule has 0 amide bonds. The lowest BCUT2D eigenvalue weighted by atomic mass is 10.2. The number of hydrogen-bond acceptors (Lipinski definition) is 3. The van der Waals surface area contributed by atoms with Gasteiger partial charge in [-0.3, -0.25) is 4.99 Å². The molecule has 0 aromatic heterocycles. The number of nitrogens with one attached hydrogen (secondary N) is 1. The minimum Gasteiger partial charge on any atom is -0.381 e. The molecule has 0 aromatic carbocycles. The minimum absolute atomic E-state index is 0.561. The van der Waals surface area contributed by atoms with E-state index in [0.29, 0.717) is 11.3 Å². The second kappa shape index (κ2) is 8.81. The highest BCUT2D eigenvalue weighted by molar-refractivity contribution is 8.14. The van der Waals surface area contributed by atoms with E-state index >= 15 is 0 Å². The highest BCUT2D eigenvalue weighted by Gasteiger charge is 2.19. The van der Waals surface area contributed by atoms with E-state index < -0.39 is 0 Å². The maximum absolute atomic E-state index is 5.51. The number of unbranched alkanes of at least 4 members (excludes halogenated alkanes) is 1. The summed E-state index contributed by atoms with van der Waals surface area (Å²) in [5, 5.41) is 5.23. The monoisotopic (exact) mass is 258 g/mol. The van der Waals surface area contributed by atoms with Gasteiger partial charge in [0.1, 0.15) is 0 Å². The number of hydrogen-bond donors (Lipinski definition) is 1. The first kappa shape index (κ1) is 14.8. The van der Waals surface area contributed by atoms with Crippen LogP contribution in [0.5, 0.6) is 0 Å². The Morgan fingerprint density at radius 3 is 2.82 bits per heavy atom. The van der Waals surface area contributed by atoms with Crippen molar-refractivity contribution >= 4 is 16.9 Å². The smallest absolute Gasteiger partial charge is 0.157 e. The Balaban J connectivity index is 2.07. The molecule has 1 aliphatic rings. The van der Waals surface area contributed by atoms with Gasteiger partial charge in [-0.2, -0.15) is 0 Å². The number of amidine groups is 1. The molecule has 3 nitrogen and oxygen atoms in total. The van der Waals surface area contributed by atoms with Crippen LogP contribution >= 0.6 is 11.8 Å². The average Bonchev–Trinajstić information content (AvgIpc) is 2.26. The van der Waals surface area contributed by atoms with Gasteiger partial charge < -0.3 is 10.1 Å². The van der Waals surface area contributed by atoms with Gasteiger partial charge in [0.15, 0.2) is 5.17 Å². The van der Waals surface area contributed by atoms with Crippen molar-refractivity contribution in [1.82, 2.24) is 5.32 Å². The highest BCUT2D eigenvalue weighted by Crippen LogP contribution is 2.22. The van der Waals surface area contributed by atoms with Gasteiger partial charge in [-0.1, -0.05) is 32.0 Å². The molecule has 0 bridgehead atoms. The van der Waals surface area contributed by atoms with Gasteiger partial charge in [0.05, 0.1) is 0 Å². The van der Waals surface area contributed by atoms with Crippen LogP contribution in [0.4, 0.5) is 0 Å².